The third kappa shape index (κ3) is 3.08. The van der Waals surface area contributed by atoms with Crippen molar-refractivity contribution < 1.29 is 26.3 Å². The van der Waals surface area contributed by atoms with Gasteiger partial charge >= 0.3 is 0 Å². The summed E-state index contributed by atoms with van der Waals surface area (Å²) in [6.07, 6.45) is 0.989. The largest absolute Gasteiger partial charge is 0.436 e. The molecule has 0 unspecified atom stereocenters. The van der Waals surface area contributed by atoms with Crippen LogP contribution in [0, 0.1) is 17.6 Å². The van der Waals surface area contributed by atoms with E-state index >= 15 is 0 Å². The lowest BCUT2D eigenvalue weighted by atomic mass is 10.3. The van der Waals surface area contributed by atoms with E-state index in [4.69, 9.17) is 4.74 Å². The predicted molar refractivity (Wildman–Crippen MR) is 63.7 cm³/mol. The average molecular weight is 303 g/mol. The Kier molecular flexibility index (Phi) is 3.67. The van der Waals surface area contributed by atoms with Crippen molar-refractivity contribution in [3.8, 4) is 11.6 Å². The van der Waals surface area contributed by atoms with E-state index in [1.807, 2.05) is 0 Å². The van der Waals surface area contributed by atoms with Crippen LogP contribution < -0.4 is 4.74 Å². The van der Waals surface area contributed by atoms with Crippen molar-refractivity contribution in [3.05, 3.63) is 47.9 Å². The first-order chi connectivity index (χ1) is 9.27. The topological polar surface area (TPSA) is 56.3 Å². The number of sulfone groups is 1. The van der Waals surface area contributed by atoms with Crippen LogP contribution >= 0.6 is 0 Å². The zero-order chi connectivity index (χ0) is 14.9. The van der Waals surface area contributed by atoms with Gasteiger partial charge in [0, 0.05) is 12.3 Å². The molecule has 0 amide bonds. The van der Waals surface area contributed by atoms with Gasteiger partial charge in [0.15, 0.2) is 21.5 Å². The van der Waals surface area contributed by atoms with E-state index in [9.17, 15) is 21.6 Å². The number of hydrogen-bond acceptors (Lipinski definition) is 4. The number of aromatic nitrogens is 1. The Balaban J connectivity index is 2.38. The van der Waals surface area contributed by atoms with Crippen LogP contribution in [0.4, 0.5) is 13.2 Å². The summed E-state index contributed by atoms with van der Waals surface area (Å²) < 4.78 is 66.6. The quantitative estimate of drug-likeness (QED) is 0.818. The van der Waals surface area contributed by atoms with E-state index in [1.165, 1.54) is 18.2 Å². The van der Waals surface area contributed by atoms with Crippen LogP contribution in [-0.4, -0.2) is 19.7 Å². The fourth-order valence-corrected chi connectivity index (χ4v) is 2.04. The molecule has 2 rings (SSSR count). The normalized spacial score (nSPS) is 11.4. The summed E-state index contributed by atoms with van der Waals surface area (Å²) in [5.74, 6) is -5.01. The second kappa shape index (κ2) is 5.12. The van der Waals surface area contributed by atoms with Crippen molar-refractivity contribution in [1.29, 1.82) is 0 Å². The summed E-state index contributed by atoms with van der Waals surface area (Å²) in [5.41, 5.74) is 0. The highest BCUT2D eigenvalue weighted by Gasteiger charge is 2.15. The number of halogens is 3. The molecule has 0 N–H and O–H groups in total. The molecule has 1 aromatic heterocycles. The van der Waals surface area contributed by atoms with E-state index < -0.39 is 33.3 Å². The van der Waals surface area contributed by atoms with E-state index in [1.54, 1.807) is 0 Å². The molecule has 106 valence electrons. The Labute approximate surface area is 112 Å². The SMILES string of the molecule is CS(=O)(=O)c1cccc(Oc2nc(F)c(F)cc2F)c1. The van der Waals surface area contributed by atoms with Gasteiger partial charge in [-0.15, -0.1) is 0 Å². The molecule has 0 fully saturated rings. The Morgan fingerprint density at radius 1 is 1.10 bits per heavy atom. The first-order valence-corrected chi connectivity index (χ1v) is 7.16. The van der Waals surface area contributed by atoms with Gasteiger partial charge in [0.2, 0.25) is 0 Å². The monoisotopic (exact) mass is 303 g/mol. The molecule has 0 atom stereocenters. The van der Waals surface area contributed by atoms with Gasteiger partial charge in [-0.25, -0.2) is 17.2 Å². The van der Waals surface area contributed by atoms with Crippen LogP contribution in [0.25, 0.3) is 0 Å². The van der Waals surface area contributed by atoms with Gasteiger partial charge in [0.1, 0.15) is 5.75 Å². The minimum Gasteiger partial charge on any atom is -0.436 e. The summed E-state index contributed by atoms with van der Waals surface area (Å²) in [6.45, 7) is 0. The van der Waals surface area contributed by atoms with Crippen molar-refractivity contribution >= 4 is 9.84 Å². The van der Waals surface area contributed by atoms with Crippen molar-refractivity contribution in [2.24, 2.45) is 0 Å². The van der Waals surface area contributed by atoms with Crippen molar-refractivity contribution in [3.63, 3.8) is 0 Å². The second-order valence-corrected chi connectivity index (χ2v) is 5.91. The number of rotatable bonds is 3. The van der Waals surface area contributed by atoms with Crippen LogP contribution in [0.2, 0.25) is 0 Å². The molecule has 0 saturated heterocycles. The summed E-state index contributed by atoms with van der Waals surface area (Å²) in [7, 11) is -3.47. The van der Waals surface area contributed by atoms with Gasteiger partial charge < -0.3 is 4.74 Å². The van der Waals surface area contributed by atoms with Gasteiger partial charge in [-0.3, -0.25) is 0 Å². The summed E-state index contributed by atoms with van der Waals surface area (Å²) in [5, 5.41) is 0. The summed E-state index contributed by atoms with van der Waals surface area (Å²) in [6, 6.07) is 5.42. The molecule has 0 radical (unpaired) electrons. The van der Waals surface area contributed by atoms with Gasteiger partial charge in [-0.1, -0.05) is 6.07 Å². The zero-order valence-electron chi connectivity index (χ0n) is 10.1. The number of nitrogens with zero attached hydrogens (tertiary/aromatic N) is 1. The molecule has 0 aliphatic heterocycles. The van der Waals surface area contributed by atoms with Crippen LogP contribution in [0.3, 0.4) is 0 Å². The molecule has 4 nitrogen and oxygen atoms in total. The van der Waals surface area contributed by atoms with Gasteiger partial charge in [-0.2, -0.15) is 9.37 Å². The number of pyridine rings is 1. The smallest absolute Gasteiger partial charge is 0.258 e. The van der Waals surface area contributed by atoms with E-state index in [2.05, 4.69) is 4.98 Å². The highest BCUT2D eigenvalue weighted by Crippen LogP contribution is 2.25. The lowest BCUT2D eigenvalue weighted by Gasteiger charge is -2.07. The highest BCUT2D eigenvalue weighted by atomic mass is 32.2. The van der Waals surface area contributed by atoms with Gasteiger partial charge in [0.05, 0.1) is 4.90 Å². The lowest BCUT2D eigenvalue weighted by Crippen LogP contribution is -2.00. The number of hydrogen-bond donors (Lipinski definition) is 0. The Hall–Kier alpha value is -2.09. The van der Waals surface area contributed by atoms with Crippen LogP contribution in [-0.2, 0) is 9.84 Å². The van der Waals surface area contributed by atoms with E-state index in [0.717, 1.165) is 12.3 Å². The zero-order valence-corrected chi connectivity index (χ0v) is 10.9. The molecule has 1 heterocycles. The maximum atomic E-state index is 13.3. The van der Waals surface area contributed by atoms with Crippen molar-refractivity contribution in [1.82, 2.24) is 4.98 Å². The summed E-state index contributed by atoms with van der Waals surface area (Å²) in [4.78, 5) is 2.91. The molecule has 2 aromatic rings. The maximum absolute atomic E-state index is 13.3. The number of ether oxygens (including phenoxy) is 1. The minimum atomic E-state index is -3.47. The predicted octanol–water partition coefficient (Wildman–Crippen LogP) is 2.69. The van der Waals surface area contributed by atoms with Crippen LogP contribution in [0.5, 0.6) is 11.6 Å². The Morgan fingerprint density at radius 3 is 2.45 bits per heavy atom. The van der Waals surface area contributed by atoms with Crippen molar-refractivity contribution in [2.75, 3.05) is 6.26 Å². The molecule has 0 spiro atoms. The highest BCUT2D eigenvalue weighted by molar-refractivity contribution is 7.90. The Morgan fingerprint density at radius 2 is 1.80 bits per heavy atom. The standard InChI is InChI=1S/C12H8F3NO3S/c1-20(17,18)8-4-2-3-7(5-8)19-12-10(14)6-9(13)11(15)16-12/h2-6H,1H3. The molecule has 20 heavy (non-hydrogen) atoms. The number of benzene rings is 1. The maximum Gasteiger partial charge on any atom is 0.258 e. The molecule has 0 bridgehead atoms. The van der Waals surface area contributed by atoms with Crippen LogP contribution in [0.1, 0.15) is 0 Å². The van der Waals surface area contributed by atoms with Crippen molar-refractivity contribution in [2.45, 2.75) is 4.90 Å². The third-order valence-electron chi connectivity index (χ3n) is 2.30. The first-order valence-electron chi connectivity index (χ1n) is 5.27. The first kappa shape index (κ1) is 14.3. The molecule has 0 aliphatic carbocycles. The van der Waals surface area contributed by atoms with E-state index in [0.29, 0.717) is 0 Å². The summed E-state index contributed by atoms with van der Waals surface area (Å²) >= 11 is 0. The lowest BCUT2D eigenvalue weighted by molar-refractivity contribution is 0.386. The molecular weight excluding hydrogens is 295 g/mol. The van der Waals surface area contributed by atoms with Gasteiger partial charge in [-0.05, 0) is 18.2 Å². The van der Waals surface area contributed by atoms with Crippen LogP contribution in [0.15, 0.2) is 35.2 Å². The average Bonchev–Trinajstić information content (AvgIpc) is 2.35. The Bertz CT molecular complexity index is 763. The minimum absolute atomic E-state index is 0.0574. The van der Waals surface area contributed by atoms with E-state index in [-0.39, 0.29) is 16.7 Å². The second-order valence-electron chi connectivity index (χ2n) is 3.90. The third-order valence-corrected chi connectivity index (χ3v) is 3.41. The molecule has 1 aromatic carbocycles. The molecular formula is C12H8F3NO3S. The fraction of sp³-hybridized carbons (Fsp3) is 0.0833. The van der Waals surface area contributed by atoms with Gasteiger partial charge in [0.25, 0.3) is 11.8 Å². The molecule has 8 heteroatoms. The molecule has 0 saturated carbocycles. The fourth-order valence-electron chi connectivity index (χ4n) is 1.38. The molecule has 0 aliphatic rings.